The Hall–Kier alpha value is -5.36. The minimum atomic E-state index is -0.906. The van der Waals surface area contributed by atoms with E-state index in [1.54, 1.807) is 53.7 Å². The van der Waals surface area contributed by atoms with E-state index in [0.717, 1.165) is 22.7 Å². The van der Waals surface area contributed by atoms with E-state index in [4.69, 9.17) is 19.1 Å². The molecule has 2 N–H and O–H groups in total. The first-order valence-electron chi connectivity index (χ1n) is 14.2. The van der Waals surface area contributed by atoms with Gasteiger partial charge in [0.15, 0.2) is 10.3 Å². The average molecular weight is 701 g/mol. The van der Waals surface area contributed by atoms with Gasteiger partial charge in [0.05, 0.1) is 34.5 Å². The second-order valence-electron chi connectivity index (χ2n) is 12.0. The predicted octanol–water partition coefficient (Wildman–Crippen LogP) is 6.56. The Kier molecular flexibility index (Phi) is 10.8. The first kappa shape index (κ1) is 35.5. The van der Waals surface area contributed by atoms with Crippen LogP contribution in [0.4, 0.5) is 31.2 Å². The van der Waals surface area contributed by atoms with Gasteiger partial charge < -0.3 is 19.1 Å². The largest absolute Gasteiger partial charge is 0.444 e. The molecule has 0 atom stereocenters. The van der Waals surface area contributed by atoms with Gasteiger partial charge in [0.2, 0.25) is 0 Å². The number of carbonyl (C=O) groups excluding carboxylic acids is 4. The molecule has 0 unspecified atom stereocenters. The molecular formula is C30H32N6O10S2. The molecule has 2 heterocycles. The summed E-state index contributed by atoms with van der Waals surface area (Å²) in [5, 5.41) is 21.1. The quantitative estimate of drug-likeness (QED) is 0.133. The third-order valence-corrected chi connectivity index (χ3v) is 7.22. The molecule has 18 heteroatoms. The number of nitro benzene ring substituents is 1. The number of non-ortho nitro benzene ring substituents is 1. The molecule has 0 spiro atoms. The fraction of sp³-hybridized carbons (Fsp3) is 0.333. The Balaban J connectivity index is 1.52. The lowest BCUT2D eigenvalue weighted by atomic mass is 10.1. The number of benzene rings is 2. The third-order valence-electron chi connectivity index (χ3n) is 5.61. The van der Waals surface area contributed by atoms with Gasteiger partial charge in [-0.3, -0.25) is 20.7 Å². The van der Waals surface area contributed by atoms with E-state index in [9.17, 15) is 29.3 Å². The summed E-state index contributed by atoms with van der Waals surface area (Å²) in [6, 6.07) is 8.71. The van der Waals surface area contributed by atoms with Gasteiger partial charge in [0.1, 0.15) is 16.9 Å². The number of aromatic nitrogens is 2. The van der Waals surface area contributed by atoms with Crippen LogP contribution in [0, 0.1) is 10.1 Å². The Bertz CT molecular complexity index is 1760. The monoisotopic (exact) mass is 700 g/mol. The number of amides is 2. The van der Waals surface area contributed by atoms with Gasteiger partial charge in [-0.1, -0.05) is 18.2 Å². The van der Waals surface area contributed by atoms with Crippen LogP contribution in [0.5, 0.6) is 0 Å². The summed E-state index contributed by atoms with van der Waals surface area (Å²) < 4.78 is 10.4. The van der Waals surface area contributed by atoms with E-state index in [2.05, 4.69) is 20.6 Å². The molecular weight excluding hydrogens is 668 g/mol. The van der Waals surface area contributed by atoms with Crippen molar-refractivity contribution in [3.8, 4) is 0 Å². The molecule has 0 saturated heterocycles. The van der Waals surface area contributed by atoms with E-state index in [1.807, 2.05) is 0 Å². The van der Waals surface area contributed by atoms with E-state index in [1.165, 1.54) is 35.0 Å². The molecule has 0 bridgehead atoms. The van der Waals surface area contributed by atoms with Crippen molar-refractivity contribution < 1.29 is 43.3 Å². The zero-order chi connectivity index (χ0) is 35.2. The van der Waals surface area contributed by atoms with Crippen LogP contribution in [0.2, 0.25) is 0 Å². The fourth-order valence-electron chi connectivity index (χ4n) is 3.92. The minimum Gasteiger partial charge on any atom is -0.444 e. The topological polar surface area (TPSA) is 201 Å². The molecule has 4 aromatic rings. The maximum absolute atomic E-state index is 13.1. The molecule has 4 rings (SSSR count). The molecule has 2 aromatic heterocycles. The SMILES string of the molecule is CC(C)(C)OC(=O)Nc1nc(CC(=O)ON(OC(=O)Cc2csc(NC(=O)OC(C)(C)C)n2)c2ccc([N+](=O)[O-])c3ccccc23)cs1. The number of ether oxygens (including phenoxy) is 2. The number of nitrogens with one attached hydrogen (secondary N) is 2. The van der Waals surface area contributed by atoms with Gasteiger partial charge in [-0.05, 0) is 58.9 Å². The summed E-state index contributed by atoms with van der Waals surface area (Å²) in [4.78, 5) is 80.8. The van der Waals surface area contributed by atoms with Gasteiger partial charge in [-0.25, -0.2) is 29.1 Å². The number of carbonyl (C=O) groups is 4. The van der Waals surface area contributed by atoms with Crippen molar-refractivity contribution in [3.05, 3.63) is 68.7 Å². The van der Waals surface area contributed by atoms with Gasteiger partial charge in [-0.2, -0.15) is 0 Å². The summed E-state index contributed by atoms with van der Waals surface area (Å²) >= 11 is 2.11. The lowest BCUT2D eigenvalue weighted by molar-refractivity contribution is -0.383. The Labute approximate surface area is 282 Å². The molecule has 0 fully saturated rings. The zero-order valence-electron chi connectivity index (χ0n) is 26.7. The van der Waals surface area contributed by atoms with Crippen molar-refractivity contribution in [1.82, 2.24) is 9.97 Å². The Morgan fingerprint density at radius 1 is 0.771 bits per heavy atom. The fourth-order valence-corrected chi connectivity index (χ4v) is 5.31. The van der Waals surface area contributed by atoms with Crippen LogP contribution in [0.3, 0.4) is 0 Å². The highest BCUT2D eigenvalue weighted by Gasteiger charge is 2.26. The lowest BCUT2D eigenvalue weighted by Gasteiger charge is -2.22. The second-order valence-corrected chi connectivity index (χ2v) is 13.7. The van der Waals surface area contributed by atoms with Crippen molar-refractivity contribution in [3.63, 3.8) is 0 Å². The molecule has 0 radical (unpaired) electrons. The van der Waals surface area contributed by atoms with Crippen molar-refractivity contribution in [1.29, 1.82) is 0 Å². The molecule has 2 amide bonds. The first-order chi connectivity index (χ1) is 22.5. The minimum absolute atomic E-state index is 0.0222. The molecule has 0 saturated carbocycles. The summed E-state index contributed by atoms with van der Waals surface area (Å²) in [5.74, 6) is -1.81. The number of rotatable bonds is 10. The maximum Gasteiger partial charge on any atom is 0.413 e. The molecule has 0 aliphatic rings. The van der Waals surface area contributed by atoms with Crippen LogP contribution in [0.25, 0.3) is 10.8 Å². The van der Waals surface area contributed by atoms with E-state index >= 15 is 0 Å². The van der Waals surface area contributed by atoms with Gasteiger partial charge in [0, 0.05) is 22.2 Å². The van der Waals surface area contributed by atoms with Crippen LogP contribution in [0.1, 0.15) is 52.9 Å². The molecule has 2 aromatic carbocycles. The molecule has 16 nitrogen and oxygen atoms in total. The molecule has 0 aliphatic carbocycles. The highest BCUT2D eigenvalue weighted by atomic mass is 32.1. The molecule has 254 valence electrons. The first-order valence-corrected chi connectivity index (χ1v) is 16.0. The number of hydrogen-bond acceptors (Lipinski definition) is 15. The van der Waals surface area contributed by atoms with Crippen LogP contribution in [-0.2, 0) is 41.6 Å². The number of nitro groups is 1. The number of fused-ring (bicyclic) bond motifs is 1. The van der Waals surface area contributed by atoms with Gasteiger partial charge in [-0.15, -0.1) is 22.7 Å². The van der Waals surface area contributed by atoms with Crippen molar-refractivity contribution >= 4 is 79.2 Å². The van der Waals surface area contributed by atoms with Crippen LogP contribution >= 0.6 is 22.7 Å². The molecule has 0 aliphatic heterocycles. The van der Waals surface area contributed by atoms with E-state index in [0.29, 0.717) is 5.23 Å². The van der Waals surface area contributed by atoms with Crippen molar-refractivity contribution in [2.45, 2.75) is 65.6 Å². The number of anilines is 3. The number of hydrogen-bond donors (Lipinski definition) is 2. The number of nitrogens with zero attached hydrogens (tertiary/aromatic N) is 4. The van der Waals surface area contributed by atoms with Gasteiger partial charge >= 0.3 is 24.1 Å². The zero-order valence-corrected chi connectivity index (χ0v) is 28.4. The Morgan fingerprint density at radius 2 is 1.23 bits per heavy atom. The summed E-state index contributed by atoms with van der Waals surface area (Å²) in [6.45, 7) is 10.3. The smallest absolute Gasteiger partial charge is 0.413 e. The normalized spacial score (nSPS) is 11.4. The highest BCUT2D eigenvalue weighted by Crippen LogP contribution is 2.34. The molecule has 48 heavy (non-hydrogen) atoms. The van der Waals surface area contributed by atoms with Gasteiger partial charge in [0.25, 0.3) is 5.69 Å². The summed E-state index contributed by atoms with van der Waals surface area (Å²) in [7, 11) is 0. The van der Waals surface area contributed by atoms with Crippen LogP contribution in [-0.4, -0.2) is 50.2 Å². The Morgan fingerprint density at radius 3 is 1.67 bits per heavy atom. The standard InChI is InChI=1S/C30H32N6O10S2/c1-29(2,3)43-27(39)33-25-31-17(15-47-25)13-23(37)45-36(22-12-11-21(35(41)42)19-9-7-8-10-20(19)22)46-24(38)14-18-16-48-26(32-18)34-28(40)44-30(4,5)6/h7-12,15-16H,13-14H2,1-6H3,(H,31,33,39)(H,32,34,40). The summed E-state index contributed by atoms with van der Waals surface area (Å²) in [6.07, 6.45) is -2.22. The second kappa shape index (κ2) is 14.6. The maximum atomic E-state index is 13.1. The van der Waals surface area contributed by atoms with Crippen molar-refractivity contribution in [2.75, 3.05) is 15.9 Å². The van der Waals surface area contributed by atoms with E-state index in [-0.39, 0.29) is 43.8 Å². The third kappa shape index (κ3) is 10.3. The average Bonchev–Trinajstić information content (AvgIpc) is 3.58. The van der Waals surface area contributed by atoms with Crippen molar-refractivity contribution in [2.24, 2.45) is 0 Å². The van der Waals surface area contributed by atoms with E-state index < -0.39 is 53.1 Å². The van der Waals surface area contributed by atoms with Crippen LogP contribution in [0.15, 0.2) is 47.2 Å². The lowest BCUT2D eigenvalue weighted by Crippen LogP contribution is -2.32. The number of thiazole rings is 2. The highest BCUT2D eigenvalue weighted by molar-refractivity contribution is 7.14. The predicted molar refractivity (Wildman–Crippen MR) is 177 cm³/mol. The summed E-state index contributed by atoms with van der Waals surface area (Å²) in [5.41, 5.74) is -1.17. The van der Waals surface area contributed by atoms with Crippen LogP contribution < -0.4 is 15.9 Å².